The second-order valence-electron chi connectivity index (χ2n) is 5.60. The normalized spacial score (nSPS) is 11.0. The topological polar surface area (TPSA) is 43.1 Å². The highest BCUT2D eigenvalue weighted by atomic mass is 79.9. The molecule has 0 saturated heterocycles. The average Bonchev–Trinajstić information content (AvgIpc) is 3.09. The first-order valence-corrected chi connectivity index (χ1v) is 8.57. The fourth-order valence-electron chi connectivity index (χ4n) is 2.77. The number of aryl methyl sites for hydroxylation is 2. The molecule has 5 heteroatoms. The minimum absolute atomic E-state index is 0.872. The summed E-state index contributed by atoms with van der Waals surface area (Å²) in [5.41, 5.74) is 5.35. The molecule has 0 unspecified atom stereocenters. The summed E-state index contributed by atoms with van der Waals surface area (Å²) in [6, 6.07) is 16.4. The third-order valence-electron chi connectivity index (χ3n) is 3.97. The number of rotatable bonds is 4. The third-order valence-corrected chi connectivity index (χ3v) is 4.47. The van der Waals surface area contributed by atoms with Crippen molar-refractivity contribution in [2.75, 3.05) is 0 Å². The maximum absolute atomic E-state index is 4.73. The van der Waals surface area contributed by atoms with Gasteiger partial charge in [0.2, 0.25) is 0 Å². The highest BCUT2D eigenvalue weighted by Crippen LogP contribution is 2.23. The fraction of sp³-hybridized carbons (Fsp3) is 0.105. The van der Waals surface area contributed by atoms with Crippen LogP contribution in [-0.2, 0) is 12.8 Å². The van der Waals surface area contributed by atoms with Crippen molar-refractivity contribution in [1.29, 1.82) is 0 Å². The van der Waals surface area contributed by atoms with E-state index in [1.54, 1.807) is 6.20 Å². The summed E-state index contributed by atoms with van der Waals surface area (Å²) >= 11 is 3.53. The number of benzene rings is 1. The molecule has 0 bridgehead atoms. The van der Waals surface area contributed by atoms with Crippen LogP contribution in [0.3, 0.4) is 0 Å². The Morgan fingerprint density at radius 2 is 1.79 bits per heavy atom. The highest BCUT2D eigenvalue weighted by Gasteiger charge is 2.09. The summed E-state index contributed by atoms with van der Waals surface area (Å²) in [4.78, 5) is 8.80. The molecular weight excluding hydrogens is 364 g/mol. The molecule has 0 saturated carbocycles. The Morgan fingerprint density at radius 1 is 0.917 bits per heavy atom. The molecule has 1 aromatic carbocycles. The molecule has 4 rings (SSSR count). The Bertz CT molecular complexity index is 979. The van der Waals surface area contributed by atoms with E-state index >= 15 is 0 Å². The molecule has 0 N–H and O–H groups in total. The van der Waals surface area contributed by atoms with Crippen LogP contribution < -0.4 is 0 Å². The lowest BCUT2D eigenvalue weighted by atomic mass is 10.1. The Morgan fingerprint density at radius 3 is 2.62 bits per heavy atom. The predicted molar refractivity (Wildman–Crippen MR) is 97.8 cm³/mol. The number of pyridine rings is 1. The van der Waals surface area contributed by atoms with E-state index in [1.807, 2.05) is 35.1 Å². The van der Waals surface area contributed by atoms with Gasteiger partial charge in [-0.15, -0.1) is 0 Å². The van der Waals surface area contributed by atoms with Gasteiger partial charge in [0.25, 0.3) is 0 Å². The zero-order chi connectivity index (χ0) is 16.4. The molecule has 0 spiro atoms. The Balaban J connectivity index is 1.72. The zero-order valence-corrected chi connectivity index (χ0v) is 14.5. The minimum atomic E-state index is 0.872. The molecule has 0 atom stereocenters. The van der Waals surface area contributed by atoms with E-state index in [1.165, 1.54) is 5.56 Å². The van der Waals surface area contributed by atoms with Crippen molar-refractivity contribution in [3.05, 3.63) is 82.9 Å². The lowest BCUT2D eigenvalue weighted by molar-refractivity contribution is 0.811. The van der Waals surface area contributed by atoms with Crippen LogP contribution in [0, 0.1) is 0 Å². The molecule has 118 valence electrons. The number of hydrogen-bond donors (Lipinski definition) is 0. The predicted octanol–water partition coefficient (Wildman–Crippen LogP) is 4.34. The van der Waals surface area contributed by atoms with Crippen molar-refractivity contribution in [1.82, 2.24) is 19.6 Å². The molecule has 0 aliphatic carbocycles. The molecule has 0 amide bonds. The van der Waals surface area contributed by atoms with Crippen molar-refractivity contribution < 1.29 is 0 Å². The SMILES string of the molecule is Brc1cccc(-c2cc(CCc3ccncc3)n3nccc3n2)c1. The molecule has 24 heavy (non-hydrogen) atoms. The Labute approximate surface area is 148 Å². The average molecular weight is 379 g/mol. The number of fused-ring (bicyclic) bond motifs is 1. The van der Waals surface area contributed by atoms with Gasteiger partial charge in [-0.05, 0) is 48.7 Å². The van der Waals surface area contributed by atoms with Crippen LogP contribution in [0.15, 0.2) is 71.6 Å². The molecule has 4 aromatic rings. The van der Waals surface area contributed by atoms with E-state index in [2.05, 4.69) is 56.3 Å². The van der Waals surface area contributed by atoms with Gasteiger partial charge in [-0.2, -0.15) is 5.10 Å². The van der Waals surface area contributed by atoms with Gasteiger partial charge in [-0.3, -0.25) is 4.98 Å². The molecule has 0 fully saturated rings. The summed E-state index contributed by atoms with van der Waals surface area (Å²) < 4.78 is 2.97. The van der Waals surface area contributed by atoms with Gasteiger partial charge in [-0.1, -0.05) is 28.1 Å². The highest BCUT2D eigenvalue weighted by molar-refractivity contribution is 9.10. The lowest BCUT2D eigenvalue weighted by Gasteiger charge is -2.09. The van der Waals surface area contributed by atoms with Crippen LogP contribution in [0.5, 0.6) is 0 Å². The number of hydrogen-bond acceptors (Lipinski definition) is 3. The van der Waals surface area contributed by atoms with E-state index < -0.39 is 0 Å². The molecule has 0 radical (unpaired) electrons. The smallest absolute Gasteiger partial charge is 0.155 e. The van der Waals surface area contributed by atoms with Crippen LogP contribution in [0.2, 0.25) is 0 Å². The van der Waals surface area contributed by atoms with Crippen LogP contribution in [0.25, 0.3) is 16.9 Å². The summed E-state index contributed by atoms with van der Waals surface area (Å²) in [5, 5.41) is 4.42. The second kappa shape index (κ2) is 6.53. The number of aromatic nitrogens is 4. The molecule has 3 heterocycles. The minimum Gasteiger partial charge on any atom is -0.265 e. The van der Waals surface area contributed by atoms with E-state index in [0.717, 1.165) is 39.9 Å². The van der Waals surface area contributed by atoms with Crippen molar-refractivity contribution in [2.24, 2.45) is 0 Å². The molecule has 3 aromatic heterocycles. The van der Waals surface area contributed by atoms with E-state index in [4.69, 9.17) is 4.98 Å². The van der Waals surface area contributed by atoms with E-state index in [-0.39, 0.29) is 0 Å². The van der Waals surface area contributed by atoms with Crippen LogP contribution in [0.1, 0.15) is 11.3 Å². The standard InChI is InChI=1S/C19H15BrN4/c20-16-3-1-2-15(12-16)18-13-17(24-19(23-18)8-11-22-24)5-4-14-6-9-21-10-7-14/h1-3,6-13H,4-5H2. The van der Waals surface area contributed by atoms with Crippen LogP contribution >= 0.6 is 15.9 Å². The monoisotopic (exact) mass is 378 g/mol. The van der Waals surface area contributed by atoms with Gasteiger partial charge < -0.3 is 0 Å². The zero-order valence-electron chi connectivity index (χ0n) is 12.9. The molecule has 0 aliphatic heterocycles. The van der Waals surface area contributed by atoms with Gasteiger partial charge in [0, 0.05) is 34.2 Å². The molecule has 4 nitrogen and oxygen atoms in total. The summed E-state index contributed by atoms with van der Waals surface area (Å²) in [5.74, 6) is 0. The Kier molecular flexibility index (Phi) is 4.09. The maximum Gasteiger partial charge on any atom is 0.155 e. The van der Waals surface area contributed by atoms with Gasteiger partial charge in [-0.25, -0.2) is 9.50 Å². The quantitative estimate of drug-likeness (QED) is 0.530. The summed E-state index contributed by atoms with van der Waals surface area (Å²) in [7, 11) is 0. The summed E-state index contributed by atoms with van der Waals surface area (Å²) in [6.07, 6.45) is 7.30. The van der Waals surface area contributed by atoms with Gasteiger partial charge >= 0.3 is 0 Å². The van der Waals surface area contributed by atoms with E-state index in [0.29, 0.717) is 0 Å². The first-order valence-electron chi connectivity index (χ1n) is 7.78. The van der Waals surface area contributed by atoms with Crippen LogP contribution in [0.4, 0.5) is 0 Å². The first kappa shape index (κ1) is 15.0. The van der Waals surface area contributed by atoms with Crippen molar-refractivity contribution in [2.45, 2.75) is 12.8 Å². The molecular formula is C19H15BrN4. The largest absolute Gasteiger partial charge is 0.265 e. The number of nitrogens with zero attached hydrogens (tertiary/aromatic N) is 4. The fourth-order valence-corrected chi connectivity index (χ4v) is 3.17. The first-order chi connectivity index (χ1) is 11.8. The third kappa shape index (κ3) is 3.08. The van der Waals surface area contributed by atoms with Crippen molar-refractivity contribution in [3.8, 4) is 11.3 Å². The van der Waals surface area contributed by atoms with Crippen LogP contribution in [-0.4, -0.2) is 19.6 Å². The maximum atomic E-state index is 4.73. The van der Waals surface area contributed by atoms with Crippen molar-refractivity contribution in [3.63, 3.8) is 0 Å². The van der Waals surface area contributed by atoms with Gasteiger partial charge in [0.1, 0.15) is 0 Å². The lowest BCUT2D eigenvalue weighted by Crippen LogP contribution is -2.03. The van der Waals surface area contributed by atoms with E-state index in [9.17, 15) is 0 Å². The van der Waals surface area contributed by atoms with Crippen molar-refractivity contribution >= 4 is 21.6 Å². The van der Waals surface area contributed by atoms with Gasteiger partial charge in [0.15, 0.2) is 5.65 Å². The second-order valence-corrected chi connectivity index (χ2v) is 6.52. The number of halogens is 1. The molecule has 0 aliphatic rings. The Hall–Kier alpha value is -2.53. The van der Waals surface area contributed by atoms with Gasteiger partial charge in [0.05, 0.1) is 11.9 Å². The summed E-state index contributed by atoms with van der Waals surface area (Å²) in [6.45, 7) is 0.